The van der Waals surface area contributed by atoms with Crippen LogP contribution in [0.25, 0.3) is 6.08 Å². The number of aliphatic imine (C=N–C) groups is 1. The second-order valence-electron chi connectivity index (χ2n) is 5.53. The van der Waals surface area contributed by atoms with E-state index in [1.165, 1.54) is 5.69 Å². The number of primary amides is 1. The maximum atomic E-state index is 11.1. The molecule has 2 N–H and O–H groups in total. The number of amides is 1. The number of fused-ring (bicyclic) bond motifs is 1. The first-order valence-electron chi connectivity index (χ1n) is 7.58. The van der Waals surface area contributed by atoms with Crippen molar-refractivity contribution in [3.05, 3.63) is 71.3 Å². The van der Waals surface area contributed by atoms with Crippen LogP contribution in [0.4, 0.5) is 5.69 Å². The van der Waals surface area contributed by atoms with Gasteiger partial charge in [0, 0.05) is 30.4 Å². The average Bonchev–Trinajstić information content (AvgIpc) is 2.73. The van der Waals surface area contributed by atoms with Gasteiger partial charge in [0.2, 0.25) is 5.91 Å². The number of halogens is 1. The normalized spacial score (nSPS) is 13.7. The monoisotopic (exact) mass is 341 g/mol. The predicted molar refractivity (Wildman–Crippen MR) is 102 cm³/mol. The van der Waals surface area contributed by atoms with Crippen LogP contribution in [0.3, 0.4) is 0 Å². The Morgan fingerprint density at radius 3 is 2.54 bits per heavy atom. The zero-order chi connectivity index (χ0) is 16.2. The summed E-state index contributed by atoms with van der Waals surface area (Å²) in [5.41, 5.74) is 10.1. The number of nitrogens with two attached hydrogens (primary N) is 1. The van der Waals surface area contributed by atoms with Gasteiger partial charge in [-0.15, -0.1) is 12.4 Å². The molecular formula is C19H20ClN3O. The molecule has 124 valence electrons. The van der Waals surface area contributed by atoms with Crippen LogP contribution in [0.1, 0.15) is 21.5 Å². The van der Waals surface area contributed by atoms with Crippen molar-refractivity contribution < 1.29 is 4.79 Å². The van der Waals surface area contributed by atoms with Crippen molar-refractivity contribution in [1.82, 2.24) is 0 Å². The van der Waals surface area contributed by atoms with E-state index in [2.05, 4.69) is 29.1 Å². The molecule has 0 unspecified atom stereocenters. The second-order valence-corrected chi connectivity index (χ2v) is 5.53. The van der Waals surface area contributed by atoms with Crippen LogP contribution in [0.2, 0.25) is 0 Å². The molecule has 5 heteroatoms. The van der Waals surface area contributed by atoms with Gasteiger partial charge in [0.15, 0.2) is 0 Å². The first-order chi connectivity index (χ1) is 11.1. The predicted octanol–water partition coefficient (Wildman–Crippen LogP) is 3.16. The number of para-hydroxylation sites is 1. The van der Waals surface area contributed by atoms with Crippen molar-refractivity contribution in [3.63, 3.8) is 0 Å². The van der Waals surface area contributed by atoms with Gasteiger partial charge < -0.3 is 10.6 Å². The third-order valence-corrected chi connectivity index (χ3v) is 3.94. The number of benzene rings is 2. The molecule has 0 bridgehead atoms. The minimum absolute atomic E-state index is 0. The lowest BCUT2D eigenvalue weighted by molar-refractivity contribution is 0.100. The van der Waals surface area contributed by atoms with Gasteiger partial charge in [-0.25, -0.2) is 0 Å². The van der Waals surface area contributed by atoms with Gasteiger partial charge in [0.25, 0.3) is 0 Å². The number of nitrogens with zero attached hydrogens (tertiary/aromatic N) is 2. The van der Waals surface area contributed by atoms with Gasteiger partial charge in [0.1, 0.15) is 0 Å². The van der Waals surface area contributed by atoms with E-state index in [0.29, 0.717) is 5.56 Å². The summed E-state index contributed by atoms with van der Waals surface area (Å²) >= 11 is 0. The topological polar surface area (TPSA) is 58.7 Å². The molecule has 4 nitrogen and oxygen atoms in total. The van der Waals surface area contributed by atoms with Crippen molar-refractivity contribution in [3.8, 4) is 0 Å². The van der Waals surface area contributed by atoms with Gasteiger partial charge in [-0.05, 0) is 29.8 Å². The first kappa shape index (κ1) is 17.8. The minimum Gasteiger partial charge on any atom is -0.372 e. The van der Waals surface area contributed by atoms with E-state index in [4.69, 9.17) is 5.73 Å². The molecule has 0 aromatic heterocycles. The molecule has 2 aromatic rings. The Bertz CT molecular complexity index is 781. The zero-order valence-electron chi connectivity index (χ0n) is 13.5. The summed E-state index contributed by atoms with van der Waals surface area (Å²) in [6.07, 6.45) is 4.03. The molecule has 0 atom stereocenters. The molecule has 1 aliphatic heterocycles. The molecule has 3 rings (SSSR count). The number of carbonyl (C=O) groups excluding carboxylic acids is 1. The highest BCUT2D eigenvalue weighted by atomic mass is 35.5. The highest BCUT2D eigenvalue weighted by Gasteiger charge is 2.13. The molecule has 1 aliphatic rings. The Labute approximate surface area is 148 Å². The van der Waals surface area contributed by atoms with E-state index in [1.807, 2.05) is 36.4 Å². The van der Waals surface area contributed by atoms with E-state index in [9.17, 15) is 4.79 Å². The molecule has 0 radical (unpaired) electrons. The number of allylic oxidation sites excluding steroid dienone is 1. The van der Waals surface area contributed by atoms with Crippen LogP contribution in [0.5, 0.6) is 0 Å². The molecule has 1 amide bonds. The van der Waals surface area contributed by atoms with E-state index in [0.717, 1.165) is 29.9 Å². The van der Waals surface area contributed by atoms with Crippen molar-refractivity contribution in [2.45, 2.75) is 0 Å². The summed E-state index contributed by atoms with van der Waals surface area (Å²) < 4.78 is 0. The Hall–Kier alpha value is -2.59. The van der Waals surface area contributed by atoms with Crippen LogP contribution in [0.15, 0.2) is 59.6 Å². The molecule has 2 aromatic carbocycles. The number of benzodiazepines with no additional fused rings is 1. The molecule has 1 heterocycles. The van der Waals surface area contributed by atoms with Crippen LogP contribution >= 0.6 is 12.4 Å². The Balaban J connectivity index is 0.00000208. The van der Waals surface area contributed by atoms with Gasteiger partial charge >= 0.3 is 0 Å². The Morgan fingerprint density at radius 1 is 1.12 bits per heavy atom. The summed E-state index contributed by atoms with van der Waals surface area (Å²) in [6, 6.07) is 15.5. The summed E-state index contributed by atoms with van der Waals surface area (Å²) in [5.74, 6) is -0.411. The van der Waals surface area contributed by atoms with Gasteiger partial charge in [0.05, 0.1) is 12.3 Å². The van der Waals surface area contributed by atoms with Crippen molar-refractivity contribution >= 4 is 35.8 Å². The Kier molecular flexibility index (Phi) is 5.77. The van der Waals surface area contributed by atoms with E-state index >= 15 is 0 Å². The molecule has 0 spiro atoms. The summed E-state index contributed by atoms with van der Waals surface area (Å²) in [5, 5.41) is 0. The number of likely N-dealkylation sites (N-methyl/N-ethyl adjacent to an activating group) is 1. The SMILES string of the molecule is CN1CCN=C(/C=C/c2ccc(C(N)=O)cc2)c2ccccc21.Cl. The summed E-state index contributed by atoms with van der Waals surface area (Å²) in [7, 11) is 2.09. The molecule has 0 aliphatic carbocycles. The second kappa shape index (κ2) is 7.79. The average molecular weight is 342 g/mol. The third kappa shape index (κ3) is 3.84. The number of hydrogen-bond acceptors (Lipinski definition) is 3. The van der Waals surface area contributed by atoms with E-state index in [1.54, 1.807) is 12.1 Å². The van der Waals surface area contributed by atoms with Crippen LogP contribution in [0, 0.1) is 0 Å². The molecule has 0 fully saturated rings. The fourth-order valence-corrected chi connectivity index (χ4v) is 2.63. The van der Waals surface area contributed by atoms with Gasteiger partial charge in [-0.1, -0.05) is 36.4 Å². The van der Waals surface area contributed by atoms with Crippen LogP contribution in [-0.4, -0.2) is 31.8 Å². The summed E-state index contributed by atoms with van der Waals surface area (Å²) in [6.45, 7) is 1.67. The highest BCUT2D eigenvalue weighted by molar-refractivity contribution is 6.14. The van der Waals surface area contributed by atoms with Crippen LogP contribution in [-0.2, 0) is 0 Å². The zero-order valence-corrected chi connectivity index (χ0v) is 14.3. The van der Waals surface area contributed by atoms with E-state index < -0.39 is 5.91 Å². The molecule has 24 heavy (non-hydrogen) atoms. The largest absolute Gasteiger partial charge is 0.372 e. The lowest BCUT2D eigenvalue weighted by atomic mass is 10.1. The molecule has 0 saturated heterocycles. The number of carbonyl (C=O) groups is 1. The van der Waals surface area contributed by atoms with Crippen molar-refractivity contribution in [2.24, 2.45) is 10.7 Å². The lowest BCUT2D eigenvalue weighted by Crippen LogP contribution is -2.20. The van der Waals surface area contributed by atoms with E-state index in [-0.39, 0.29) is 12.4 Å². The Morgan fingerprint density at radius 2 is 1.83 bits per heavy atom. The lowest BCUT2D eigenvalue weighted by Gasteiger charge is -2.18. The van der Waals surface area contributed by atoms with Gasteiger partial charge in [-0.2, -0.15) is 0 Å². The minimum atomic E-state index is -0.411. The maximum absolute atomic E-state index is 11.1. The highest BCUT2D eigenvalue weighted by Crippen LogP contribution is 2.23. The first-order valence-corrected chi connectivity index (χ1v) is 7.58. The quantitative estimate of drug-likeness (QED) is 0.932. The van der Waals surface area contributed by atoms with Crippen LogP contribution < -0.4 is 10.6 Å². The van der Waals surface area contributed by atoms with Crippen molar-refractivity contribution in [1.29, 1.82) is 0 Å². The molecular weight excluding hydrogens is 322 g/mol. The number of anilines is 1. The summed E-state index contributed by atoms with van der Waals surface area (Å²) in [4.78, 5) is 18.0. The molecule has 0 saturated carbocycles. The van der Waals surface area contributed by atoms with Crippen molar-refractivity contribution in [2.75, 3.05) is 25.0 Å². The third-order valence-electron chi connectivity index (χ3n) is 3.94. The fraction of sp³-hybridized carbons (Fsp3) is 0.158. The maximum Gasteiger partial charge on any atom is 0.248 e. The standard InChI is InChI=1S/C19H19N3O.ClH/c1-22-13-12-21-17(16-4-2-3-5-18(16)22)11-8-14-6-9-15(10-7-14)19(20)23;/h2-11H,12-13H2,1H3,(H2,20,23);1H/b11-8+;. The number of hydrogen-bond donors (Lipinski definition) is 1. The fourth-order valence-electron chi connectivity index (χ4n) is 2.63. The van der Waals surface area contributed by atoms with Gasteiger partial charge in [-0.3, -0.25) is 9.79 Å². The smallest absolute Gasteiger partial charge is 0.248 e. The number of rotatable bonds is 3.